The largest absolute Gasteiger partial charge is 0.459 e. The van der Waals surface area contributed by atoms with Crippen LogP contribution >= 0.6 is 0 Å². The number of hydrogen-bond acceptors (Lipinski definition) is 3. The van der Waals surface area contributed by atoms with Crippen molar-refractivity contribution in [2.45, 2.75) is 204 Å². The van der Waals surface area contributed by atoms with Crippen molar-refractivity contribution in [2.75, 3.05) is 6.61 Å². The summed E-state index contributed by atoms with van der Waals surface area (Å²) in [5, 5.41) is 0. The lowest BCUT2D eigenvalue weighted by Crippen LogP contribution is -2.75. The van der Waals surface area contributed by atoms with Gasteiger partial charge in [-0.05, 0) is 155 Å². The van der Waals surface area contributed by atoms with Gasteiger partial charge in [0.15, 0.2) is 0 Å². The molecule has 9 rings (SSSR count). The van der Waals surface area contributed by atoms with Gasteiger partial charge >= 0.3 is 36.4 Å². The molecule has 59 heavy (non-hydrogen) atoms. The second kappa shape index (κ2) is 13.2. The van der Waals surface area contributed by atoms with Gasteiger partial charge in [-0.25, -0.2) is 0 Å². The van der Waals surface area contributed by atoms with E-state index in [1.807, 2.05) is 27.7 Å². The first-order valence-corrected chi connectivity index (χ1v) is 21.2. The van der Waals surface area contributed by atoms with E-state index in [1.165, 1.54) is 6.92 Å². The Balaban J connectivity index is 1.23. The SMILES string of the molecule is CCC(C)(CCC(C)(C)C12CC3CC(C1)CC(C(OC1(F)CCCCO1)(C(F)(F)F)C(F)(F)F)(C3)C2)C12CC3CC(C1)C(C)(C(F)(F)C(F)(F)C(F)(F)F)OC(C)(C3)C2. The predicted octanol–water partition coefficient (Wildman–Crippen LogP) is 14.1. The van der Waals surface area contributed by atoms with E-state index >= 15 is 39.5 Å². The molecular weight excluding hydrogens is 818 g/mol. The summed E-state index contributed by atoms with van der Waals surface area (Å²) in [4.78, 5) is 0. The number of ether oxygens (including phenoxy) is 3. The third kappa shape index (κ3) is 6.38. The van der Waals surface area contributed by atoms with Gasteiger partial charge in [-0.15, -0.1) is 0 Å². The molecule has 0 radical (unpaired) electrons. The zero-order valence-corrected chi connectivity index (χ0v) is 34.6. The van der Waals surface area contributed by atoms with E-state index in [4.69, 9.17) is 14.2 Å². The van der Waals surface area contributed by atoms with Gasteiger partial charge in [-0.3, -0.25) is 4.74 Å². The van der Waals surface area contributed by atoms with Crippen molar-refractivity contribution < 1.29 is 75.7 Å². The van der Waals surface area contributed by atoms with E-state index in [1.54, 1.807) is 0 Å². The smallest absolute Gasteiger partial charge is 0.362 e. The Labute approximate surface area is 336 Å². The van der Waals surface area contributed by atoms with E-state index in [9.17, 15) is 22.0 Å². The minimum Gasteiger partial charge on any atom is -0.362 e. The highest BCUT2D eigenvalue weighted by Gasteiger charge is 2.86. The molecule has 3 aliphatic heterocycles. The zero-order chi connectivity index (χ0) is 44.2. The number of rotatable bonds is 11. The van der Waals surface area contributed by atoms with Gasteiger partial charge in [0.2, 0.25) is 0 Å². The molecule has 342 valence electrons. The van der Waals surface area contributed by atoms with Crippen LogP contribution in [0.1, 0.15) is 151 Å². The van der Waals surface area contributed by atoms with E-state index in [2.05, 4.69) is 0 Å². The summed E-state index contributed by atoms with van der Waals surface area (Å²) in [5.41, 5.74) is -15.7. The highest BCUT2D eigenvalue weighted by molar-refractivity contribution is 5.22. The maximum Gasteiger partial charge on any atom is 0.459 e. The number of hydrogen-bond donors (Lipinski definition) is 0. The summed E-state index contributed by atoms with van der Waals surface area (Å²) < 4.78 is 227. The first-order valence-electron chi connectivity index (χ1n) is 21.2. The second-order valence-electron chi connectivity index (χ2n) is 21.7. The van der Waals surface area contributed by atoms with Crippen LogP contribution in [-0.4, -0.2) is 59.8 Å². The maximum absolute atomic E-state index is 16.0. The Bertz CT molecular complexity index is 1590. The number of alkyl halides is 14. The summed E-state index contributed by atoms with van der Waals surface area (Å²) >= 11 is 0. The van der Waals surface area contributed by atoms with E-state index in [0.29, 0.717) is 45.4 Å². The first-order chi connectivity index (χ1) is 26.6. The third-order valence-electron chi connectivity index (χ3n) is 17.9. The van der Waals surface area contributed by atoms with Crippen LogP contribution in [0, 0.1) is 50.7 Å². The molecular formula is C42H58F14O3. The minimum absolute atomic E-state index is 0.0241. The molecule has 0 aromatic heterocycles. The predicted molar refractivity (Wildman–Crippen MR) is 187 cm³/mol. The Morgan fingerprint density at radius 2 is 1.17 bits per heavy atom. The van der Waals surface area contributed by atoms with Crippen LogP contribution in [0.4, 0.5) is 61.5 Å². The van der Waals surface area contributed by atoms with Gasteiger partial charge in [-0.2, -0.15) is 61.5 Å². The van der Waals surface area contributed by atoms with Gasteiger partial charge in [0.05, 0.1) is 12.2 Å². The lowest BCUT2D eigenvalue weighted by molar-refractivity contribution is -0.499. The topological polar surface area (TPSA) is 27.7 Å². The van der Waals surface area contributed by atoms with Crippen LogP contribution in [-0.2, 0) is 14.2 Å². The van der Waals surface area contributed by atoms with Crippen LogP contribution in [0.3, 0.4) is 0 Å². The normalized spacial score (nSPS) is 42.9. The minimum atomic E-state index is -6.55. The van der Waals surface area contributed by atoms with Crippen molar-refractivity contribution in [3.05, 3.63) is 0 Å². The highest BCUT2D eigenvalue weighted by atomic mass is 19.4. The Morgan fingerprint density at radius 1 is 0.627 bits per heavy atom. The number of fused-ring (bicyclic) bond motifs is 1. The maximum atomic E-state index is 16.0. The fraction of sp³-hybridized carbons (Fsp3) is 1.00. The molecule has 9 fully saturated rings. The van der Waals surface area contributed by atoms with Crippen molar-refractivity contribution in [3.8, 4) is 0 Å². The monoisotopic (exact) mass is 876 g/mol. The van der Waals surface area contributed by atoms with Gasteiger partial charge < -0.3 is 9.47 Å². The van der Waals surface area contributed by atoms with E-state index in [0.717, 1.165) is 0 Å². The zero-order valence-electron chi connectivity index (χ0n) is 34.6. The molecule has 3 heterocycles. The lowest BCUT2D eigenvalue weighted by Gasteiger charge is -2.70. The molecule has 3 nitrogen and oxygen atoms in total. The Morgan fingerprint density at radius 3 is 1.68 bits per heavy atom. The van der Waals surface area contributed by atoms with Crippen LogP contribution < -0.4 is 0 Å². The van der Waals surface area contributed by atoms with Gasteiger partial charge in [-0.1, -0.05) is 34.1 Å². The molecule has 9 aliphatic rings. The molecule has 9 atom stereocenters. The molecule has 9 unspecified atom stereocenters. The summed E-state index contributed by atoms with van der Waals surface area (Å²) in [6.07, 6.45) is -17.9. The summed E-state index contributed by atoms with van der Waals surface area (Å²) in [5.74, 6) is -14.8. The molecule has 0 amide bonds. The Kier molecular flexibility index (Phi) is 10.3. The average Bonchev–Trinajstić information content (AvgIpc) is 3.19. The van der Waals surface area contributed by atoms with Crippen molar-refractivity contribution in [2.24, 2.45) is 50.7 Å². The van der Waals surface area contributed by atoms with Crippen LogP contribution in [0.5, 0.6) is 0 Å². The standard InChI is InChI=1S/C42H58F14O3/c1-7-30(4,34-19-27-15-28(22-34)32(6,58-31(5,16-27)23-34)38(44,45)39(46,47)42(54,55)56)12-11-29(2,3)33-17-25-14-26(18-33)21-35(20-25,24-33)37(40(48,49)50,41(51,52)53)59-36(43)10-8-9-13-57-36/h25-28H,7-24H2,1-6H3. The fourth-order valence-electron chi connectivity index (χ4n) is 15.2. The van der Waals surface area contributed by atoms with E-state index < -0.39 is 130 Å². The summed E-state index contributed by atoms with van der Waals surface area (Å²) in [6.45, 7) is 9.23. The van der Waals surface area contributed by atoms with Crippen LogP contribution in [0.25, 0.3) is 0 Å². The average molecular weight is 877 g/mol. The van der Waals surface area contributed by atoms with Crippen LogP contribution in [0.2, 0.25) is 0 Å². The van der Waals surface area contributed by atoms with Gasteiger partial charge in [0, 0.05) is 11.8 Å². The highest BCUT2D eigenvalue weighted by Crippen LogP contribution is 2.78. The van der Waals surface area contributed by atoms with Crippen molar-refractivity contribution in [1.82, 2.24) is 0 Å². The second-order valence-corrected chi connectivity index (χ2v) is 21.7. The molecule has 3 saturated heterocycles. The quantitative estimate of drug-likeness (QED) is 0.194. The van der Waals surface area contributed by atoms with Crippen LogP contribution in [0.15, 0.2) is 0 Å². The lowest BCUT2D eigenvalue weighted by atomic mass is 9.36. The summed E-state index contributed by atoms with van der Waals surface area (Å²) in [6, 6.07) is -3.60. The van der Waals surface area contributed by atoms with E-state index in [-0.39, 0.29) is 50.9 Å². The number of halogens is 14. The summed E-state index contributed by atoms with van der Waals surface area (Å²) in [7, 11) is 0. The van der Waals surface area contributed by atoms with Gasteiger partial charge in [0.1, 0.15) is 5.60 Å². The van der Waals surface area contributed by atoms with Gasteiger partial charge in [0.25, 0.3) is 5.60 Å². The molecule has 0 N–H and O–H groups in total. The molecule has 17 heteroatoms. The Hall–Kier alpha value is -1.10. The van der Waals surface area contributed by atoms with Crippen molar-refractivity contribution >= 4 is 0 Å². The molecule has 0 aromatic rings. The molecule has 6 saturated carbocycles. The molecule has 0 spiro atoms. The van der Waals surface area contributed by atoms with Crippen molar-refractivity contribution in [3.63, 3.8) is 0 Å². The first kappa shape index (κ1) is 45.9. The van der Waals surface area contributed by atoms with Crippen molar-refractivity contribution in [1.29, 1.82) is 0 Å². The molecule has 6 aliphatic carbocycles. The fourth-order valence-corrected chi connectivity index (χ4v) is 15.2. The molecule has 0 aromatic carbocycles. The third-order valence-corrected chi connectivity index (χ3v) is 17.9. The molecule has 8 bridgehead atoms.